The summed E-state index contributed by atoms with van der Waals surface area (Å²) < 4.78 is 51.5. The zero-order valence-corrected chi connectivity index (χ0v) is 22.4. The van der Waals surface area contributed by atoms with E-state index in [2.05, 4.69) is 9.71 Å². The predicted octanol–water partition coefficient (Wildman–Crippen LogP) is 5.13. The van der Waals surface area contributed by atoms with Crippen LogP contribution in [0.2, 0.25) is 5.02 Å². The first-order valence-electron chi connectivity index (χ1n) is 11.3. The third kappa shape index (κ3) is 5.74. The first-order chi connectivity index (χ1) is 17.8. The normalized spacial score (nSPS) is 12.2. The molecule has 1 heterocycles. The molecule has 1 atom stereocenters. The average molecular weight is 543 g/mol. The molecule has 1 N–H and O–H groups in total. The molecule has 1 aromatic heterocycles. The second kappa shape index (κ2) is 11.2. The maximum absolute atomic E-state index is 13.4. The zero-order valence-electron chi connectivity index (χ0n) is 20.8. The number of rotatable bonds is 10. The molecule has 8 nitrogen and oxygen atoms in total. The van der Waals surface area contributed by atoms with Crippen molar-refractivity contribution in [3.63, 3.8) is 0 Å². The molecule has 0 saturated heterocycles. The SMILES string of the molecule is COc1ccc([C@H](NS(=O)(=O)Cc2ccccc2Cl)c2nccc3cc(OC)c(OC)cc23)cc1OC. The molecule has 0 radical (unpaired) electrons. The molecule has 0 spiro atoms. The minimum Gasteiger partial charge on any atom is -0.493 e. The Morgan fingerprint density at radius 3 is 2.16 bits per heavy atom. The number of aromatic nitrogens is 1. The summed E-state index contributed by atoms with van der Waals surface area (Å²) >= 11 is 6.25. The van der Waals surface area contributed by atoms with Gasteiger partial charge in [0, 0.05) is 16.6 Å². The van der Waals surface area contributed by atoms with Gasteiger partial charge in [0.15, 0.2) is 23.0 Å². The van der Waals surface area contributed by atoms with Crippen LogP contribution in [-0.4, -0.2) is 41.8 Å². The second-order valence-corrected chi connectivity index (χ2v) is 10.3. The molecular formula is C27H27ClN2O6S. The van der Waals surface area contributed by atoms with Gasteiger partial charge < -0.3 is 18.9 Å². The highest BCUT2D eigenvalue weighted by Crippen LogP contribution is 2.38. The average Bonchev–Trinajstić information content (AvgIpc) is 2.91. The van der Waals surface area contributed by atoms with E-state index in [4.69, 9.17) is 30.5 Å². The predicted molar refractivity (Wildman–Crippen MR) is 143 cm³/mol. The van der Waals surface area contributed by atoms with Gasteiger partial charge in [0.05, 0.1) is 45.9 Å². The summed E-state index contributed by atoms with van der Waals surface area (Å²) in [5.41, 5.74) is 1.57. The summed E-state index contributed by atoms with van der Waals surface area (Å²) in [7, 11) is 2.26. The molecule has 37 heavy (non-hydrogen) atoms. The minimum absolute atomic E-state index is 0.307. The smallest absolute Gasteiger partial charge is 0.216 e. The van der Waals surface area contributed by atoms with Gasteiger partial charge in [0.2, 0.25) is 10.0 Å². The highest BCUT2D eigenvalue weighted by Gasteiger charge is 2.27. The van der Waals surface area contributed by atoms with Gasteiger partial charge in [-0.05, 0) is 52.9 Å². The van der Waals surface area contributed by atoms with E-state index in [1.165, 1.54) is 21.3 Å². The molecule has 0 aliphatic carbocycles. The quantitative estimate of drug-likeness (QED) is 0.297. The molecule has 0 aliphatic heterocycles. The number of sulfonamides is 1. The summed E-state index contributed by atoms with van der Waals surface area (Å²) in [6.45, 7) is 0. The van der Waals surface area contributed by atoms with Crippen LogP contribution in [0.4, 0.5) is 0 Å². The number of hydrogen-bond donors (Lipinski definition) is 1. The van der Waals surface area contributed by atoms with Crippen molar-refractivity contribution in [1.29, 1.82) is 0 Å². The van der Waals surface area contributed by atoms with E-state index in [0.717, 1.165) is 5.39 Å². The number of halogens is 1. The number of nitrogens with one attached hydrogen (secondary N) is 1. The molecule has 0 saturated carbocycles. The van der Waals surface area contributed by atoms with Crippen molar-refractivity contribution in [2.24, 2.45) is 0 Å². The number of benzene rings is 3. The van der Waals surface area contributed by atoms with E-state index in [1.54, 1.807) is 61.8 Å². The largest absolute Gasteiger partial charge is 0.493 e. The summed E-state index contributed by atoms with van der Waals surface area (Å²) in [5.74, 6) is 1.71. The highest BCUT2D eigenvalue weighted by molar-refractivity contribution is 7.88. The lowest BCUT2D eigenvalue weighted by molar-refractivity contribution is 0.354. The maximum atomic E-state index is 13.4. The Morgan fingerprint density at radius 1 is 0.838 bits per heavy atom. The third-order valence-electron chi connectivity index (χ3n) is 5.91. The van der Waals surface area contributed by atoms with Crippen LogP contribution in [0.25, 0.3) is 10.8 Å². The summed E-state index contributed by atoms with van der Waals surface area (Å²) in [5, 5.41) is 1.87. The second-order valence-electron chi connectivity index (χ2n) is 8.14. The Labute approximate surface area is 221 Å². The number of methoxy groups -OCH3 is 4. The summed E-state index contributed by atoms with van der Waals surface area (Å²) in [6.07, 6.45) is 1.62. The van der Waals surface area contributed by atoms with Gasteiger partial charge in [-0.25, -0.2) is 13.1 Å². The maximum Gasteiger partial charge on any atom is 0.216 e. The van der Waals surface area contributed by atoms with Crippen LogP contribution in [-0.2, 0) is 15.8 Å². The van der Waals surface area contributed by atoms with Crippen LogP contribution in [0.5, 0.6) is 23.0 Å². The van der Waals surface area contributed by atoms with E-state index < -0.39 is 16.1 Å². The number of ether oxygens (including phenoxy) is 4. The lowest BCUT2D eigenvalue weighted by Gasteiger charge is -2.22. The van der Waals surface area contributed by atoms with Gasteiger partial charge in [-0.1, -0.05) is 35.9 Å². The van der Waals surface area contributed by atoms with Crippen LogP contribution < -0.4 is 23.7 Å². The fourth-order valence-electron chi connectivity index (χ4n) is 4.11. The van der Waals surface area contributed by atoms with E-state index >= 15 is 0 Å². The van der Waals surface area contributed by atoms with Crippen molar-refractivity contribution in [2.45, 2.75) is 11.8 Å². The number of pyridine rings is 1. The Bertz CT molecular complexity index is 1530. The van der Waals surface area contributed by atoms with Crippen molar-refractivity contribution in [3.8, 4) is 23.0 Å². The topological polar surface area (TPSA) is 96.0 Å². The van der Waals surface area contributed by atoms with Crippen molar-refractivity contribution >= 4 is 32.4 Å². The van der Waals surface area contributed by atoms with Gasteiger partial charge >= 0.3 is 0 Å². The first kappa shape index (κ1) is 26.5. The Hall–Kier alpha value is -3.53. The Kier molecular flexibility index (Phi) is 8.06. The van der Waals surface area contributed by atoms with Crippen molar-refractivity contribution in [1.82, 2.24) is 9.71 Å². The van der Waals surface area contributed by atoms with E-state index in [9.17, 15) is 8.42 Å². The molecule has 4 rings (SSSR count). The summed E-state index contributed by atoms with van der Waals surface area (Å²) in [4.78, 5) is 4.60. The van der Waals surface area contributed by atoms with Crippen LogP contribution in [0, 0.1) is 0 Å². The van der Waals surface area contributed by atoms with Gasteiger partial charge in [0.1, 0.15) is 0 Å². The molecule has 0 unspecified atom stereocenters. The lowest BCUT2D eigenvalue weighted by Crippen LogP contribution is -2.31. The molecule has 4 aromatic rings. The Balaban J connectivity index is 1.88. The minimum atomic E-state index is -3.89. The van der Waals surface area contributed by atoms with Gasteiger partial charge in [-0.2, -0.15) is 0 Å². The van der Waals surface area contributed by atoms with E-state index in [1.807, 2.05) is 12.1 Å². The van der Waals surface area contributed by atoms with E-state index in [0.29, 0.717) is 50.2 Å². The van der Waals surface area contributed by atoms with Crippen molar-refractivity contribution in [3.05, 3.63) is 88.7 Å². The Morgan fingerprint density at radius 2 is 1.49 bits per heavy atom. The van der Waals surface area contributed by atoms with Crippen LogP contribution in [0.3, 0.4) is 0 Å². The van der Waals surface area contributed by atoms with Crippen LogP contribution in [0.1, 0.15) is 22.9 Å². The zero-order chi connectivity index (χ0) is 26.6. The summed E-state index contributed by atoms with van der Waals surface area (Å²) in [6, 6.07) is 16.6. The van der Waals surface area contributed by atoms with Crippen LogP contribution in [0.15, 0.2) is 66.9 Å². The molecule has 10 heteroatoms. The van der Waals surface area contributed by atoms with Gasteiger partial charge in [0.25, 0.3) is 0 Å². The molecule has 0 bridgehead atoms. The molecule has 0 amide bonds. The molecule has 0 fully saturated rings. The number of hydrogen-bond acceptors (Lipinski definition) is 7. The lowest BCUT2D eigenvalue weighted by atomic mass is 9.98. The first-order valence-corrected chi connectivity index (χ1v) is 13.3. The number of fused-ring (bicyclic) bond motifs is 1. The monoisotopic (exact) mass is 542 g/mol. The third-order valence-corrected chi connectivity index (χ3v) is 7.57. The van der Waals surface area contributed by atoms with Crippen molar-refractivity contribution < 1.29 is 27.4 Å². The molecular weight excluding hydrogens is 516 g/mol. The van der Waals surface area contributed by atoms with Crippen molar-refractivity contribution in [2.75, 3.05) is 28.4 Å². The highest BCUT2D eigenvalue weighted by atomic mass is 35.5. The molecule has 194 valence electrons. The molecule has 0 aliphatic rings. The number of nitrogens with zero attached hydrogens (tertiary/aromatic N) is 1. The van der Waals surface area contributed by atoms with Gasteiger partial charge in [-0.3, -0.25) is 4.98 Å². The van der Waals surface area contributed by atoms with Gasteiger partial charge in [-0.15, -0.1) is 0 Å². The fourth-order valence-corrected chi connectivity index (χ4v) is 5.74. The molecule has 3 aromatic carbocycles. The van der Waals surface area contributed by atoms with Crippen LogP contribution >= 0.6 is 11.6 Å². The standard InChI is InChI=1S/C27H27ClN2O6S/c1-33-22-10-9-18(14-23(22)34-2)26(30-37(31,32)16-19-7-5-6-8-21(19)28)27-20-15-25(36-4)24(35-3)13-17(20)11-12-29-27/h5-15,26,30H,16H2,1-4H3/t26-/m0/s1. The fraction of sp³-hybridized carbons (Fsp3) is 0.222. The van der Waals surface area contributed by atoms with E-state index in [-0.39, 0.29) is 5.75 Å².